The molecule has 0 aromatic heterocycles. The lowest BCUT2D eigenvalue weighted by Gasteiger charge is -2.10. The SMILES string of the molecule is Nc1cc(COc2ccc(C(F)(F)F)cc2)ccc1Br. The highest BCUT2D eigenvalue weighted by Gasteiger charge is 2.29. The van der Waals surface area contributed by atoms with Crippen LogP contribution in [-0.4, -0.2) is 0 Å². The third-order valence-electron chi connectivity index (χ3n) is 2.65. The molecule has 0 amide bonds. The zero-order valence-corrected chi connectivity index (χ0v) is 11.8. The number of ether oxygens (including phenoxy) is 1. The van der Waals surface area contributed by atoms with Crippen molar-refractivity contribution in [3.8, 4) is 5.75 Å². The number of nitrogens with two attached hydrogens (primary N) is 1. The summed E-state index contributed by atoms with van der Waals surface area (Å²) in [5, 5.41) is 0. The summed E-state index contributed by atoms with van der Waals surface area (Å²) < 4.78 is 43.4. The number of alkyl halides is 3. The van der Waals surface area contributed by atoms with Crippen LogP contribution in [0.3, 0.4) is 0 Å². The summed E-state index contributed by atoms with van der Waals surface area (Å²) in [6, 6.07) is 9.94. The van der Waals surface area contributed by atoms with E-state index in [-0.39, 0.29) is 6.61 Å². The Morgan fingerprint density at radius 2 is 1.70 bits per heavy atom. The minimum Gasteiger partial charge on any atom is -0.489 e. The lowest BCUT2D eigenvalue weighted by Crippen LogP contribution is -2.04. The smallest absolute Gasteiger partial charge is 0.416 e. The standard InChI is InChI=1S/C14H11BrF3NO/c15-12-6-1-9(7-13(12)19)8-20-11-4-2-10(3-5-11)14(16,17)18/h1-7H,8,19H2. The number of anilines is 1. The lowest BCUT2D eigenvalue weighted by molar-refractivity contribution is -0.137. The Hall–Kier alpha value is -1.69. The second-order valence-corrected chi connectivity index (χ2v) is 5.02. The summed E-state index contributed by atoms with van der Waals surface area (Å²) in [5.74, 6) is 0.375. The molecule has 0 aliphatic carbocycles. The molecule has 0 heterocycles. The summed E-state index contributed by atoms with van der Waals surface area (Å²) >= 11 is 3.28. The molecule has 6 heteroatoms. The molecule has 2 aromatic rings. The largest absolute Gasteiger partial charge is 0.489 e. The molecule has 2 N–H and O–H groups in total. The molecule has 0 fully saturated rings. The van der Waals surface area contributed by atoms with Gasteiger partial charge in [-0.3, -0.25) is 0 Å². The van der Waals surface area contributed by atoms with Crippen molar-refractivity contribution in [2.45, 2.75) is 12.8 Å². The molecule has 20 heavy (non-hydrogen) atoms. The second kappa shape index (κ2) is 5.75. The Morgan fingerprint density at radius 3 is 2.25 bits per heavy atom. The molecule has 0 unspecified atom stereocenters. The highest BCUT2D eigenvalue weighted by molar-refractivity contribution is 9.10. The lowest BCUT2D eigenvalue weighted by atomic mass is 10.2. The maximum atomic E-state index is 12.4. The van der Waals surface area contributed by atoms with Crippen LogP contribution in [0, 0.1) is 0 Å². The first-order chi connectivity index (χ1) is 9.36. The fraction of sp³-hybridized carbons (Fsp3) is 0.143. The van der Waals surface area contributed by atoms with Crippen LogP contribution in [-0.2, 0) is 12.8 Å². The van der Waals surface area contributed by atoms with Crippen LogP contribution in [0.1, 0.15) is 11.1 Å². The number of halogens is 4. The predicted molar refractivity (Wildman–Crippen MR) is 74.3 cm³/mol. The van der Waals surface area contributed by atoms with Gasteiger partial charge in [-0.25, -0.2) is 0 Å². The van der Waals surface area contributed by atoms with Crippen molar-refractivity contribution in [3.63, 3.8) is 0 Å². The third kappa shape index (κ3) is 3.66. The molecule has 0 aliphatic heterocycles. The molecule has 2 rings (SSSR count). The van der Waals surface area contributed by atoms with E-state index >= 15 is 0 Å². The first-order valence-electron chi connectivity index (χ1n) is 5.70. The van der Waals surface area contributed by atoms with Crippen molar-refractivity contribution in [2.24, 2.45) is 0 Å². The molecule has 0 spiro atoms. The van der Waals surface area contributed by atoms with Crippen LogP contribution in [0.5, 0.6) is 5.75 Å². The van der Waals surface area contributed by atoms with Crippen LogP contribution in [0.25, 0.3) is 0 Å². The molecule has 0 saturated carbocycles. The molecular formula is C14H11BrF3NO. The fourth-order valence-electron chi connectivity index (χ4n) is 1.59. The van der Waals surface area contributed by atoms with Gasteiger partial charge in [0.25, 0.3) is 0 Å². The Balaban J connectivity index is 2.02. The summed E-state index contributed by atoms with van der Waals surface area (Å²) in [4.78, 5) is 0. The van der Waals surface area contributed by atoms with Gasteiger partial charge in [-0.2, -0.15) is 13.2 Å². The van der Waals surface area contributed by atoms with Crippen LogP contribution in [0.4, 0.5) is 18.9 Å². The number of hydrogen-bond donors (Lipinski definition) is 1. The van der Waals surface area contributed by atoms with Gasteiger partial charge in [-0.05, 0) is 57.9 Å². The fourth-order valence-corrected chi connectivity index (χ4v) is 1.84. The summed E-state index contributed by atoms with van der Waals surface area (Å²) in [6.07, 6.45) is -4.33. The van der Waals surface area contributed by atoms with Crippen LogP contribution in [0.15, 0.2) is 46.9 Å². The molecule has 0 saturated heterocycles. The topological polar surface area (TPSA) is 35.2 Å². The van der Waals surface area contributed by atoms with Gasteiger partial charge in [-0.15, -0.1) is 0 Å². The average Bonchev–Trinajstić information content (AvgIpc) is 2.40. The van der Waals surface area contributed by atoms with Gasteiger partial charge in [0, 0.05) is 10.2 Å². The van der Waals surface area contributed by atoms with Crippen molar-refractivity contribution in [1.29, 1.82) is 0 Å². The van der Waals surface area contributed by atoms with E-state index in [0.29, 0.717) is 11.4 Å². The third-order valence-corrected chi connectivity index (χ3v) is 3.37. The van der Waals surface area contributed by atoms with Crippen molar-refractivity contribution < 1.29 is 17.9 Å². The summed E-state index contributed by atoms with van der Waals surface area (Å²) in [7, 11) is 0. The number of hydrogen-bond acceptors (Lipinski definition) is 2. The van der Waals surface area contributed by atoms with E-state index < -0.39 is 11.7 Å². The van der Waals surface area contributed by atoms with Gasteiger partial charge in [-0.1, -0.05) is 6.07 Å². The maximum Gasteiger partial charge on any atom is 0.416 e. The zero-order valence-electron chi connectivity index (χ0n) is 10.2. The van der Waals surface area contributed by atoms with Crippen LogP contribution < -0.4 is 10.5 Å². The van der Waals surface area contributed by atoms with E-state index in [1.54, 1.807) is 12.1 Å². The Bertz CT molecular complexity index is 596. The van der Waals surface area contributed by atoms with Gasteiger partial charge in [0.1, 0.15) is 12.4 Å². The highest BCUT2D eigenvalue weighted by atomic mass is 79.9. The van der Waals surface area contributed by atoms with Crippen molar-refractivity contribution in [2.75, 3.05) is 5.73 Å². The first-order valence-corrected chi connectivity index (χ1v) is 6.49. The van der Waals surface area contributed by atoms with Crippen molar-refractivity contribution >= 4 is 21.6 Å². The summed E-state index contributed by atoms with van der Waals surface area (Å²) in [5.41, 5.74) is 6.45. The predicted octanol–water partition coefficient (Wildman–Crippen LogP) is 4.63. The molecule has 0 bridgehead atoms. The van der Waals surface area contributed by atoms with E-state index in [4.69, 9.17) is 10.5 Å². The van der Waals surface area contributed by atoms with Gasteiger partial charge < -0.3 is 10.5 Å². The van der Waals surface area contributed by atoms with Gasteiger partial charge in [0.15, 0.2) is 0 Å². The van der Waals surface area contributed by atoms with Gasteiger partial charge >= 0.3 is 6.18 Å². The zero-order chi connectivity index (χ0) is 14.8. The van der Waals surface area contributed by atoms with Crippen molar-refractivity contribution in [3.05, 3.63) is 58.1 Å². The summed E-state index contributed by atoms with van der Waals surface area (Å²) in [6.45, 7) is 0.239. The van der Waals surface area contributed by atoms with Crippen LogP contribution in [0.2, 0.25) is 0 Å². The normalized spacial score (nSPS) is 11.4. The van der Waals surface area contributed by atoms with E-state index in [1.807, 2.05) is 6.07 Å². The molecular weight excluding hydrogens is 335 g/mol. The van der Waals surface area contributed by atoms with E-state index in [2.05, 4.69) is 15.9 Å². The second-order valence-electron chi connectivity index (χ2n) is 4.17. The monoisotopic (exact) mass is 345 g/mol. The highest BCUT2D eigenvalue weighted by Crippen LogP contribution is 2.30. The minimum atomic E-state index is -4.33. The maximum absolute atomic E-state index is 12.4. The molecule has 0 aliphatic rings. The Morgan fingerprint density at radius 1 is 1.05 bits per heavy atom. The molecule has 2 nitrogen and oxygen atoms in total. The van der Waals surface area contributed by atoms with E-state index in [0.717, 1.165) is 22.2 Å². The Labute approximate surface area is 122 Å². The van der Waals surface area contributed by atoms with E-state index in [1.165, 1.54) is 12.1 Å². The number of nitrogen functional groups attached to an aromatic ring is 1. The number of benzene rings is 2. The van der Waals surface area contributed by atoms with E-state index in [9.17, 15) is 13.2 Å². The first kappa shape index (κ1) is 14.7. The number of rotatable bonds is 3. The Kier molecular flexibility index (Phi) is 4.23. The molecule has 0 atom stereocenters. The minimum absolute atomic E-state index is 0.239. The van der Waals surface area contributed by atoms with Gasteiger partial charge in [0.05, 0.1) is 5.56 Å². The van der Waals surface area contributed by atoms with Crippen LogP contribution >= 0.6 is 15.9 Å². The van der Waals surface area contributed by atoms with Gasteiger partial charge in [0.2, 0.25) is 0 Å². The molecule has 2 aromatic carbocycles. The van der Waals surface area contributed by atoms with Crippen molar-refractivity contribution in [1.82, 2.24) is 0 Å². The average molecular weight is 346 g/mol. The molecule has 106 valence electrons. The molecule has 0 radical (unpaired) electrons. The quantitative estimate of drug-likeness (QED) is 0.823.